The van der Waals surface area contributed by atoms with E-state index >= 15 is 0 Å². The molecule has 2 unspecified atom stereocenters. The fraction of sp³-hybridized carbons (Fsp3) is 0.471. The molecule has 26 heavy (non-hydrogen) atoms. The van der Waals surface area contributed by atoms with E-state index < -0.39 is 30.1 Å². The van der Waals surface area contributed by atoms with Gasteiger partial charge in [0.05, 0.1) is 6.04 Å². The molecular weight excluding hydrogens is 362 g/mol. The predicted octanol–water partition coefficient (Wildman–Crippen LogP) is 1.89. The van der Waals surface area contributed by atoms with Gasteiger partial charge in [-0.3, -0.25) is 0 Å². The number of amides is 1. The number of amidine groups is 1. The summed E-state index contributed by atoms with van der Waals surface area (Å²) in [5, 5.41) is 16.2. The number of rotatable bonds is 10. The average Bonchev–Trinajstić information content (AvgIpc) is 2.67. The van der Waals surface area contributed by atoms with E-state index in [0.717, 1.165) is 18.4 Å². The number of alkyl carbamates (subject to hydrolysis) is 1. The minimum Gasteiger partial charge on any atom is -0.445 e. The van der Waals surface area contributed by atoms with Crippen LogP contribution in [0.1, 0.15) is 31.7 Å². The number of aliphatic hydroxyl groups excluding tert-OH is 1. The average molecular weight is 386 g/mol. The van der Waals surface area contributed by atoms with Gasteiger partial charge >= 0.3 is 12.1 Å². The van der Waals surface area contributed by atoms with Crippen molar-refractivity contribution in [2.24, 2.45) is 10.9 Å². The summed E-state index contributed by atoms with van der Waals surface area (Å²) < 4.78 is 5.14. The SMILES string of the molecule is CCCCC(NC(=O)OCc1ccccc1)C(O)C(N)=NOC(=O)CCl. The molecule has 0 aliphatic carbocycles. The first kappa shape index (κ1) is 21.7. The molecule has 0 aromatic heterocycles. The summed E-state index contributed by atoms with van der Waals surface area (Å²) in [6.45, 7) is 2.07. The van der Waals surface area contributed by atoms with Crippen LogP contribution in [0.5, 0.6) is 0 Å². The van der Waals surface area contributed by atoms with Crippen molar-refractivity contribution in [3.63, 3.8) is 0 Å². The zero-order valence-electron chi connectivity index (χ0n) is 14.6. The van der Waals surface area contributed by atoms with Crippen molar-refractivity contribution in [1.82, 2.24) is 5.32 Å². The quantitative estimate of drug-likeness (QED) is 0.186. The molecule has 0 saturated heterocycles. The Morgan fingerprint density at radius 1 is 1.35 bits per heavy atom. The van der Waals surface area contributed by atoms with Gasteiger partial charge in [0.2, 0.25) is 0 Å². The number of aliphatic hydroxyl groups is 1. The number of benzene rings is 1. The van der Waals surface area contributed by atoms with Gasteiger partial charge in [-0.1, -0.05) is 55.3 Å². The van der Waals surface area contributed by atoms with Crippen LogP contribution in [0.4, 0.5) is 4.79 Å². The third-order valence-corrected chi connectivity index (χ3v) is 3.65. The molecule has 0 fully saturated rings. The zero-order chi connectivity index (χ0) is 19.4. The van der Waals surface area contributed by atoms with E-state index in [9.17, 15) is 14.7 Å². The Labute approximate surface area is 157 Å². The molecule has 4 N–H and O–H groups in total. The molecule has 8 nitrogen and oxygen atoms in total. The highest BCUT2D eigenvalue weighted by atomic mass is 35.5. The molecule has 0 saturated carbocycles. The number of nitrogens with two attached hydrogens (primary N) is 1. The number of unbranched alkanes of at least 4 members (excludes halogenated alkanes) is 1. The Bertz CT molecular complexity index is 597. The van der Waals surface area contributed by atoms with Gasteiger partial charge < -0.3 is 25.7 Å². The van der Waals surface area contributed by atoms with Crippen LogP contribution in [0.3, 0.4) is 0 Å². The fourth-order valence-electron chi connectivity index (χ4n) is 2.04. The molecule has 0 heterocycles. The second-order valence-corrected chi connectivity index (χ2v) is 5.78. The summed E-state index contributed by atoms with van der Waals surface area (Å²) >= 11 is 5.28. The number of halogens is 1. The predicted molar refractivity (Wildman–Crippen MR) is 97.5 cm³/mol. The van der Waals surface area contributed by atoms with Crippen LogP contribution in [-0.4, -0.2) is 41.0 Å². The van der Waals surface area contributed by atoms with E-state index in [1.54, 1.807) is 0 Å². The van der Waals surface area contributed by atoms with Gasteiger partial charge in [0.15, 0.2) is 5.84 Å². The van der Waals surface area contributed by atoms with Crippen molar-refractivity contribution in [1.29, 1.82) is 0 Å². The van der Waals surface area contributed by atoms with Crippen LogP contribution in [0, 0.1) is 0 Å². The Hall–Kier alpha value is -2.32. The fourth-order valence-corrected chi connectivity index (χ4v) is 2.09. The number of alkyl halides is 1. The van der Waals surface area contributed by atoms with E-state index in [1.165, 1.54) is 0 Å². The summed E-state index contributed by atoms with van der Waals surface area (Å²) in [5.41, 5.74) is 6.46. The number of carbonyl (C=O) groups is 2. The molecule has 0 aliphatic heterocycles. The second-order valence-electron chi connectivity index (χ2n) is 5.51. The van der Waals surface area contributed by atoms with Gasteiger partial charge in [-0.25, -0.2) is 9.59 Å². The van der Waals surface area contributed by atoms with E-state index in [2.05, 4.69) is 15.3 Å². The number of carbonyl (C=O) groups excluding carboxylic acids is 2. The topological polar surface area (TPSA) is 123 Å². The highest BCUT2D eigenvalue weighted by molar-refractivity contribution is 6.26. The van der Waals surface area contributed by atoms with Crippen LogP contribution in [0.15, 0.2) is 35.5 Å². The normalized spacial score (nSPS) is 13.6. The van der Waals surface area contributed by atoms with E-state index in [0.29, 0.717) is 6.42 Å². The van der Waals surface area contributed by atoms with Crippen molar-refractivity contribution in [3.8, 4) is 0 Å². The summed E-state index contributed by atoms with van der Waals surface area (Å²) in [6, 6.07) is 8.45. The van der Waals surface area contributed by atoms with Crippen molar-refractivity contribution in [2.75, 3.05) is 5.88 Å². The summed E-state index contributed by atoms with van der Waals surface area (Å²) in [6.07, 6.45) is -0.0105. The molecule has 0 radical (unpaired) electrons. The number of oxime groups is 1. The maximum atomic E-state index is 12.0. The Morgan fingerprint density at radius 3 is 2.65 bits per heavy atom. The standard InChI is InChI=1S/C17H24ClN3O5/c1-2-3-9-13(15(23)16(19)21-26-14(22)10-18)20-17(24)25-11-12-7-5-4-6-8-12/h4-8,13,15,23H,2-3,9-11H2,1H3,(H2,19,21)(H,20,24). The molecule has 9 heteroatoms. The monoisotopic (exact) mass is 385 g/mol. The lowest BCUT2D eigenvalue weighted by molar-refractivity contribution is -0.140. The lowest BCUT2D eigenvalue weighted by atomic mass is 10.0. The lowest BCUT2D eigenvalue weighted by Crippen LogP contribution is -2.49. The zero-order valence-corrected chi connectivity index (χ0v) is 15.3. The Morgan fingerprint density at radius 2 is 2.04 bits per heavy atom. The maximum Gasteiger partial charge on any atom is 0.407 e. The van der Waals surface area contributed by atoms with Crippen molar-refractivity contribution in [2.45, 2.75) is 44.9 Å². The molecule has 0 spiro atoms. The third kappa shape index (κ3) is 8.17. The van der Waals surface area contributed by atoms with Gasteiger partial charge in [0.25, 0.3) is 0 Å². The first-order valence-electron chi connectivity index (χ1n) is 8.22. The van der Waals surface area contributed by atoms with Gasteiger partial charge in [-0.05, 0) is 12.0 Å². The van der Waals surface area contributed by atoms with Gasteiger partial charge in [0, 0.05) is 0 Å². The van der Waals surface area contributed by atoms with Crippen molar-refractivity contribution in [3.05, 3.63) is 35.9 Å². The largest absolute Gasteiger partial charge is 0.445 e. The second kappa shape index (κ2) is 12.1. The minimum atomic E-state index is -1.34. The summed E-state index contributed by atoms with van der Waals surface area (Å²) in [5.74, 6) is -1.54. The van der Waals surface area contributed by atoms with Gasteiger partial charge in [-0.15, -0.1) is 11.6 Å². The molecule has 1 amide bonds. The molecule has 1 aromatic carbocycles. The van der Waals surface area contributed by atoms with Crippen LogP contribution < -0.4 is 11.1 Å². The Kier molecular flexibility index (Phi) is 10.1. The first-order valence-corrected chi connectivity index (χ1v) is 8.75. The lowest BCUT2D eigenvalue weighted by Gasteiger charge is -2.23. The third-order valence-electron chi connectivity index (χ3n) is 3.43. The molecule has 0 bridgehead atoms. The highest BCUT2D eigenvalue weighted by Crippen LogP contribution is 2.08. The first-order chi connectivity index (χ1) is 12.5. The molecule has 0 aliphatic rings. The summed E-state index contributed by atoms with van der Waals surface area (Å²) in [4.78, 5) is 27.4. The highest BCUT2D eigenvalue weighted by Gasteiger charge is 2.25. The molecule has 2 atom stereocenters. The van der Waals surface area contributed by atoms with E-state index in [1.807, 2.05) is 37.3 Å². The number of hydrogen-bond acceptors (Lipinski definition) is 6. The summed E-state index contributed by atoms with van der Waals surface area (Å²) in [7, 11) is 0. The molecule has 1 rings (SSSR count). The molecule has 1 aromatic rings. The number of hydrogen-bond donors (Lipinski definition) is 3. The molecular formula is C17H24ClN3O5. The van der Waals surface area contributed by atoms with Gasteiger partial charge in [0.1, 0.15) is 18.6 Å². The van der Waals surface area contributed by atoms with Crippen LogP contribution in [-0.2, 0) is 21.0 Å². The van der Waals surface area contributed by atoms with Gasteiger partial charge in [-0.2, -0.15) is 0 Å². The smallest absolute Gasteiger partial charge is 0.407 e. The Balaban J connectivity index is 2.63. The van der Waals surface area contributed by atoms with Crippen molar-refractivity contribution >= 4 is 29.5 Å². The number of ether oxygens (including phenoxy) is 1. The van der Waals surface area contributed by atoms with Crippen LogP contribution in [0.2, 0.25) is 0 Å². The van der Waals surface area contributed by atoms with E-state index in [4.69, 9.17) is 22.1 Å². The number of nitrogens with one attached hydrogen (secondary N) is 1. The number of nitrogens with zero attached hydrogens (tertiary/aromatic N) is 1. The minimum absolute atomic E-state index is 0.0974. The molecule has 144 valence electrons. The van der Waals surface area contributed by atoms with Crippen LogP contribution in [0.25, 0.3) is 0 Å². The van der Waals surface area contributed by atoms with E-state index in [-0.39, 0.29) is 12.4 Å². The maximum absolute atomic E-state index is 12.0. The van der Waals surface area contributed by atoms with Crippen molar-refractivity contribution < 1.29 is 24.3 Å². The van der Waals surface area contributed by atoms with Crippen LogP contribution >= 0.6 is 11.6 Å².